The summed E-state index contributed by atoms with van der Waals surface area (Å²) >= 11 is 0. The van der Waals surface area contributed by atoms with Gasteiger partial charge in [0.15, 0.2) is 0 Å². The first-order chi connectivity index (χ1) is 18.3. The van der Waals surface area contributed by atoms with Crippen molar-refractivity contribution in [1.29, 1.82) is 0 Å². The van der Waals surface area contributed by atoms with E-state index < -0.39 is 0 Å². The number of hydrogen-bond donors (Lipinski definition) is 1. The van der Waals surface area contributed by atoms with Crippen LogP contribution in [0.4, 0.5) is 5.82 Å². The standard InChI is InChI=1S/C32H44N4O2/c1-6-9-10-11-12-16-19-38-26-20-32(7-2,8-3)35(23-26)30(37)27-22-33-36-24-31(4,5)21-28(34-29(27)36)25-17-14-13-15-18-25/h6,9-10,12-18,22,26,28,34H,1,7-8,11,19-21,23-24H2,2-5H3/b10-9-,16-12+. The molecule has 3 heterocycles. The maximum absolute atomic E-state index is 14.2. The zero-order valence-electron chi connectivity index (χ0n) is 23.5. The largest absolute Gasteiger partial charge is 0.372 e. The van der Waals surface area contributed by atoms with Crippen molar-refractivity contribution in [3.8, 4) is 0 Å². The molecule has 1 N–H and O–H groups in total. The lowest BCUT2D eigenvalue weighted by Crippen LogP contribution is -2.46. The second kappa shape index (κ2) is 12.2. The molecule has 4 rings (SSSR count). The first kappa shape index (κ1) is 27.9. The van der Waals surface area contributed by atoms with E-state index in [9.17, 15) is 4.79 Å². The van der Waals surface area contributed by atoms with E-state index in [1.54, 1.807) is 12.3 Å². The molecule has 1 aromatic carbocycles. The van der Waals surface area contributed by atoms with E-state index >= 15 is 0 Å². The molecular weight excluding hydrogens is 472 g/mol. The predicted octanol–water partition coefficient (Wildman–Crippen LogP) is 6.94. The van der Waals surface area contributed by atoms with E-state index in [0.29, 0.717) is 18.7 Å². The summed E-state index contributed by atoms with van der Waals surface area (Å²) in [4.78, 5) is 16.3. The van der Waals surface area contributed by atoms with Crippen LogP contribution < -0.4 is 5.32 Å². The number of aromatic nitrogens is 2. The van der Waals surface area contributed by atoms with Crippen LogP contribution in [0.5, 0.6) is 0 Å². The second-order valence-electron chi connectivity index (χ2n) is 11.4. The lowest BCUT2D eigenvalue weighted by Gasteiger charge is -2.37. The fraction of sp³-hybridized carbons (Fsp3) is 0.500. The van der Waals surface area contributed by atoms with Crippen LogP contribution in [0.1, 0.15) is 81.8 Å². The summed E-state index contributed by atoms with van der Waals surface area (Å²) in [6.45, 7) is 14.5. The van der Waals surface area contributed by atoms with Crippen molar-refractivity contribution < 1.29 is 9.53 Å². The van der Waals surface area contributed by atoms with Gasteiger partial charge in [0.2, 0.25) is 0 Å². The molecule has 1 aromatic heterocycles. The number of allylic oxidation sites excluding steroid dienone is 4. The summed E-state index contributed by atoms with van der Waals surface area (Å²) in [5, 5.41) is 8.42. The summed E-state index contributed by atoms with van der Waals surface area (Å²) in [7, 11) is 0. The highest BCUT2D eigenvalue weighted by Gasteiger charge is 2.47. The minimum absolute atomic E-state index is 0.0188. The number of benzene rings is 1. The minimum atomic E-state index is -0.212. The molecule has 1 amide bonds. The molecule has 2 aliphatic heterocycles. The highest BCUT2D eigenvalue weighted by Crippen LogP contribution is 2.41. The molecule has 0 bridgehead atoms. The smallest absolute Gasteiger partial charge is 0.259 e. The van der Waals surface area contributed by atoms with Crippen LogP contribution in [-0.4, -0.2) is 45.4 Å². The summed E-state index contributed by atoms with van der Waals surface area (Å²) in [5.41, 5.74) is 1.70. The molecule has 0 spiro atoms. The quantitative estimate of drug-likeness (QED) is 0.274. The van der Waals surface area contributed by atoms with Gasteiger partial charge in [-0.15, -0.1) is 0 Å². The van der Waals surface area contributed by atoms with Crippen molar-refractivity contribution in [2.24, 2.45) is 5.41 Å². The molecule has 6 nitrogen and oxygen atoms in total. The molecule has 0 radical (unpaired) electrons. The van der Waals surface area contributed by atoms with Crippen LogP contribution in [0.3, 0.4) is 0 Å². The van der Waals surface area contributed by atoms with Gasteiger partial charge in [0.05, 0.1) is 24.9 Å². The number of carbonyl (C=O) groups excluding carboxylic acids is 1. The third-order valence-electron chi connectivity index (χ3n) is 8.18. The zero-order valence-corrected chi connectivity index (χ0v) is 23.5. The lowest BCUT2D eigenvalue weighted by molar-refractivity contribution is 0.0553. The number of nitrogens with one attached hydrogen (secondary N) is 1. The van der Waals surface area contributed by atoms with E-state index in [1.807, 2.05) is 16.8 Å². The van der Waals surface area contributed by atoms with Crippen molar-refractivity contribution >= 4 is 11.7 Å². The highest BCUT2D eigenvalue weighted by molar-refractivity contribution is 5.99. The third kappa shape index (κ3) is 6.12. The number of amides is 1. The average Bonchev–Trinajstić information content (AvgIpc) is 3.45. The number of nitrogens with zero attached hydrogens (tertiary/aromatic N) is 3. The summed E-state index contributed by atoms with van der Waals surface area (Å²) in [6, 6.07) is 10.6. The van der Waals surface area contributed by atoms with Crippen LogP contribution >= 0.6 is 0 Å². The number of rotatable bonds is 10. The van der Waals surface area contributed by atoms with Gasteiger partial charge in [-0.1, -0.05) is 95.0 Å². The normalized spacial score (nSPS) is 22.4. The van der Waals surface area contributed by atoms with Crippen molar-refractivity contribution in [3.63, 3.8) is 0 Å². The van der Waals surface area contributed by atoms with Gasteiger partial charge in [0.1, 0.15) is 11.4 Å². The molecule has 0 aliphatic carbocycles. The molecule has 38 heavy (non-hydrogen) atoms. The number of anilines is 1. The Balaban J connectivity index is 1.54. The van der Waals surface area contributed by atoms with Gasteiger partial charge in [-0.3, -0.25) is 4.79 Å². The predicted molar refractivity (Wildman–Crippen MR) is 155 cm³/mol. The average molecular weight is 517 g/mol. The van der Waals surface area contributed by atoms with E-state index in [-0.39, 0.29) is 29.0 Å². The molecule has 2 aliphatic rings. The number of hydrogen-bond acceptors (Lipinski definition) is 4. The number of ether oxygens (including phenoxy) is 1. The lowest BCUT2D eigenvalue weighted by atomic mass is 9.84. The Morgan fingerprint density at radius 1 is 1.16 bits per heavy atom. The van der Waals surface area contributed by atoms with Gasteiger partial charge >= 0.3 is 0 Å². The summed E-state index contributed by atoms with van der Waals surface area (Å²) < 4.78 is 8.23. The number of carbonyl (C=O) groups is 1. The van der Waals surface area contributed by atoms with Crippen LogP contribution in [0.2, 0.25) is 0 Å². The van der Waals surface area contributed by atoms with Crippen LogP contribution in [0.15, 0.2) is 73.5 Å². The Labute approximate surface area is 228 Å². The minimum Gasteiger partial charge on any atom is -0.372 e. The van der Waals surface area contributed by atoms with Crippen LogP contribution in [0, 0.1) is 5.41 Å². The Bertz CT molecular complexity index is 1140. The van der Waals surface area contributed by atoms with Gasteiger partial charge in [-0.05, 0) is 43.1 Å². The number of likely N-dealkylation sites (tertiary alicyclic amines) is 1. The summed E-state index contributed by atoms with van der Waals surface area (Å²) in [5.74, 6) is 0.876. The van der Waals surface area contributed by atoms with Crippen molar-refractivity contribution in [1.82, 2.24) is 14.7 Å². The fourth-order valence-electron chi connectivity index (χ4n) is 6.02. The maximum atomic E-state index is 14.2. The SMILES string of the molecule is C=C/C=C\C/C=C/COC1CN(C(=O)c2cnn3c2NC(c2ccccc2)CC(C)(C)C3)C(CC)(CC)C1. The Morgan fingerprint density at radius 2 is 1.92 bits per heavy atom. The summed E-state index contributed by atoms with van der Waals surface area (Å²) in [6.07, 6.45) is 16.2. The van der Waals surface area contributed by atoms with Crippen molar-refractivity contribution in [2.75, 3.05) is 18.5 Å². The molecular formula is C32H44N4O2. The zero-order chi connectivity index (χ0) is 27.2. The maximum Gasteiger partial charge on any atom is 0.259 e. The molecule has 0 saturated carbocycles. The highest BCUT2D eigenvalue weighted by atomic mass is 16.5. The van der Waals surface area contributed by atoms with Crippen LogP contribution in [-0.2, 0) is 11.3 Å². The molecule has 204 valence electrons. The topological polar surface area (TPSA) is 59.4 Å². The van der Waals surface area contributed by atoms with E-state index in [1.165, 1.54) is 5.56 Å². The molecule has 1 fully saturated rings. The Kier molecular flexibility index (Phi) is 8.93. The first-order valence-electron chi connectivity index (χ1n) is 14.1. The Hall–Kier alpha value is -3.12. The van der Waals surface area contributed by atoms with Gasteiger partial charge < -0.3 is 15.0 Å². The van der Waals surface area contributed by atoms with Gasteiger partial charge in [0.25, 0.3) is 5.91 Å². The molecule has 2 aromatic rings. The monoisotopic (exact) mass is 516 g/mol. The Morgan fingerprint density at radius 3 is 2.63 bits per heavy atom. The van der Waals surface area contributed by atoms with E-state index in [0.717, 1.165) is 44.5 Å². The molecule has 2 atom stereocenters. The van der Waals surface area contributed by atoms with Gasteiger partial charge in [-0.25, -0.2) is 4.68 Å². The van der Waals surface area contributed by atoms with E-state index in [4.69, 9.17) is 9.84 Å². The first-order valence-corrected chi connectivity index (χ1v) is 14.1. The molecule has 2 unspecified atom stereocenters. The number of fused-ring (bicyclic) bond motifs is 1. The second-order valence-corrected chi connectivity index (χ2v) is 11.4. The molecule has 6 heteroatoms. The fourth-order valence-corrected chi connectivity index (χ4v) is 6.02. The van der Waals surface area contributed by atoms with Crippen LogP contribution in [0.25, 0.3) is 0 Å². The third-order valence-corrected chi connectivity index (χ3v) is 8.18. The van der Waals surface area contributed by atoms with Crippen molar-refractivity contribution in [2.45, 2.75) is 84.0 Å². The van der Waals surface area contributed by atoms with E-state index in [2.05, 4.69) is 87.0 Å². The van der Waals surface area contributed by atoms with Gasteiger partial charge in [-0.2, -0.15) is 5.10 Å². The van der Waals surface area contributed by atoms with Crippen molar-refractivity contribution in [3.05, 3.63) is 84.6 Å². The molecule has 1 saturated heterocycles. The van der Waals surface area contributed by atoms with Gasteiger partial charge in [0, 0.05) is 18.6 Å².